The number of likely N-dealkylation sites (N-methyl/N-ethyl adjacent to an activating group) is 1. The van der Waals surface area contributed by atoms with Crippen molar-refractivity contribution in [3.8, 4) is 0 Å². The van der Waals surface area contributed by atoms with Crippen molar-refractivity contribution in [2.45, 2.75) is 26.8 Å². The van der Waals surface area contributed by atoms with Crippen molar-refractivity contribution in [3.05, 3.63) is 0 Å². The van der Waals surface area contributed by atoms with Crippen LogP contribution in [-0.2, 0) is 4.79 Å². The Bertz CT molecular complexity index is 143. The number of nitrogens with zero attached hydrogens (tertiary/aromatic N) is 1. The van der Waals surface area contributed by atoms with Crippen LogP contribution in [0.3, 0.4) is 0 Å². The van der Waals surface area contributed by atoms with E-state index in [1.807, 2.05) is 25.9 Å². The molecular weight excluding hydrogens is 152 g/mol. The summed E-state index contributed by atoms with van der Waals surface area (Å²) in [4.78, 5) is 13.1. The highest BCUT2D eigenvalue weighted by molar-refractivity contribution is 5.78. The average molecular weight is 172 g/mol. The minimum Gasteiger partial charge on any atom is -0.352 e. The summed E-state index contributed by atoms with van der Waals surface area (Å²) in [6, 6.07) is 0.262. The third kappa shape index (κ3) is 5.13. The Labute approximate surface area is 75.1 Å². The van der Waals surface area contributed by atoms with Crippen LogP contribution in [-0.4, -0.2) is 37.5 Å². The molecule has 0 heterocycles. The van der Waals surface area contributed by atoms with Gasteiger partial charge in [0.15, 0.2) is 0 Å². The molecule has 12 heavy (non-hydrogen) atoms. The molecule has 0 fully saturated rings. The summed E-state index contributed by atoms with van der Waals surface area (Å²) in [7, 11) is 3.78. The summed E-state index contributed by atoms with van der Waals surface area (Å²) in [6.07, 6.45) is 0. The van der Waals surface area contributed by atoms with Gasteiger partial charge < -0.3 is 10.2 Å². The highest BCUT2D eigenvalue weighted by Crippen LogP contribution is 1.98. The highest BCUT2D eigenvalue weighted by Gasteiger charge is 2.10. The van der Waals surface area contributed by atoms with E-state index < -0.39 is 0 Å². The van der Waals surface area contributed by atoms with Crippen molar-refractivity contribution in [2.75, 3.05) is 20.6 Å². The van der Waals surface area contributed by atoms with E-state index in [1.54, 1.807) is 0 Å². The van der Waals surface area contributed by atoms with Crippen LogP contribution in [0.25, 0.3) is 0 Å². The molecule has 1 atom stereocenters. The zero-order valence-corrected chi connectivity index (χ0v) is 8.72. The van der Waals surface area contributed by atoms with E-state index in [4.69, 9.17) is 0 Å². The Morgan fingerprint density at radius 2 is 1.83 bits per heavy atom. The number of amides is 1. The summed E-state index contributed by atoms with van der Waals surface area (Å²) in [5.74, 6) is 0.595. The maximum Gasteiger partial charge on any atom is 0.234 e. The van der Waals surface area contributed by atoms with Crippen LogP contribution in [0.2, 0.25) is 0 Å². The number of hydrogen-bond donors (Lipinski definition) is 1. The smallest absolute Gasteiger partial charge is 0.234 e. The van der Waals surface area contributed by atoms with E-state index >= 15 is 0 Å². The van der Waals surface area contributed by atoms with Gasteiger partial charge in [0.2, 0.25) is 5.91 Å². The van der Waals surface area contributed by atoms with Crippen LogP contribution in [0.5, 0.6) is 0 Å². The highest BCUT2D eigenvalue weighted by atomic mass is 16.2. The predicted octanol–water partition coefficient (Wildman–Crippen LogP) is 0.709. The third-order valence-electron chi connectivity index (χ3n) is 1.85. The lowest BCUT2D eigenvalue weighted by atomic mass is 10.1. The number of hydrogen-bond acceptors (Lipinski definition) is 2. The Morgan fingerprint density at radius 3 is 2.17 bits per heavy atom. The second-order valence-electron chi connectivity index (χ2n) is 3.84. The first-order chi connectivity index (χ1) is 5.43. The summed E-state index contributed by atoms with van der Waals surface area (Å²) < 4.78 is 0. The van der Waals surface area contributed by atoms with Crippen LogP contribution >= 0.6 is 0 Å². The summed E-state index contributed by atoms with van der Waals surface area (Å²) in [6.45, 7) is 6.69. The fraction of sp³-hybridized carbons (Fsp3) is 0.889. The Hall–Kier alpha value is -0.570. The van der Waals surface area contributed by atoms with Gasteiger partial charge in [-0.2, -0.15) is 0 Å². The second-order valence-corrected chi connectivity index (χ2v) is 3.84. The van der Waals surface area contributed by atoms with Crippen LogP contribution in [0.1, 0.15) is 20.8 Å². The van der Waals surface area contributed by atoms with Gasteiger partial charge in [0.05, 0.1) is 6.54 Å². The monoisotopic (exact) mass is 172 g/mol. The van der Waals surface area contributed by atoms with Crippen molar-refractivity contribution in [1.82, 2.24) is 10.2 Å². The molecule has 1 amide bonds. The fourth-order valence-corrected chi connectivity index (χ4v) is 0.753. The Morgan fingerprint density at radius 1 is 1.33 bits per heavy atom. The number of nitrogens with one attached hydrogen (secondary N) is 1. The molecule has 0 saturated carbocycles. The van der Waals surface area contributed by atoms with Gasteiger partial charge in [0.25, 0.3) is 0 Å². The van der Waals surface area contributed by atoms with Crippen molar-refractivity contribution in [1.29, 1.82) is 0 Å². The number of carbonyl (C=O) groups is 1. The van der Waals surface area contributed by atoms with Gasteiger partial charge in [-0.15, -0.1) is 0 Å². The minimum absolute atomic E-state index is 0.0983. The normalized spacial score (nSPS) is 13.6. The molecule has 1 unspecified atom stereocenters. The van der Waals surface area contributed by atoms with Crippen molar-refractivity contribution in [2.24, 2.45) is 5.92 Å². The zero-order valence-electron chi connectivity index (χ0n) is 8.72. The van der Waals surface area contributed by atoms with E-state index in [0.717, 1.165) is 0 Å². The standard InChI is InChI=1S/C9H20N2O/c1-7(2)8(3)10-9(12)6-11(4)5/h7-8H,6H2,1-5H3,(H,10,12). The van der Waals surface area contributed by atoms with Crippen molar-refractivity contribution >= 4 is 5.91 Å². The molecule has 0 rings (SSSR count). The molecule has 0 aliphatic rings. The number of rotatable bonds is 4. The predicted molar refractivity (Wildman–Crippen MR) is 51.0 cm³/mol. The molecule has 0 aromatic carbocycles. The van der Waals surface area contributed by atoms with Crippen LogP contribution in [0.4, 0.5) is 0 Å². The first-order valence-corrected chi connectivity index (χ1v) is 4.37. The van der Waals surface area contributed by atoms with E-state index in [1.165, 1.54) is 0 Å². The average Bonchev–Trinajstić information content (AvgIpc) is 1.84. The quantitative estimate of drug-likeness (QED) is 0.677. The first kappa shape index (κ1) is 11.4. The molecular formula is C9H20N2O. The largest absolute Gasteiger partial charge is 0.352 e. The Kier molecular flexibility index (Phi) is 4.90. The van der Waals surface area contributed by atoms with E-state index in [0.29, 0.717) is 12.5 Å². The van der Waals surface area contributed by atoms with Crippen molar-refractivity contribution < 1.29 is 4.79 Å². The zero-order chi connectivity index (χ0) is 9.72. The van der Waals surface area contributed by atoms with E-state index in [9.17, 15) is 4.79 Å². The van der Waals surface area contributed by atoms with Gasteiger partial charge in [-0.1, -0.05) is 13.8 Å². The Balaban J connectivity index is 3.69. The lowest BCUT2D eigenvalue weighted by Gasteiger charge is -2.18. The van der Waals surface area contributed by atoms with Gasteiger partial charge in [-0.25, -0.2) is 0 Å². The first-order valence-electron chi connectivity index (χ1n) is 4.37. The van der Waals surface area contributed by atoms with Gasteiger partial charge in [-0.05, 0) is 26.9 Å². The molecule has 0 aromatic rings. The van der Waals surface area contributed by atoms with Gasteiger partial charge in [0.1, 0.15) is 0 Å². The molecule has 0 aliphatic heterocycles. The maximum absolute atomic E-state index is 11.2. The van der Waals surface area contributed by atoms with Crippen LogP contribution < -0.4 is 5.32 Å². The molecule has 0 bridgehead atoms. The van der Waals surface area contributed by atoms with Gasteiger partial charge in [0, 0.05) is 6.04 Å². The molecule has 0 spiro atoms. The molecule has 72 valence electrons. The van der Waals surface area contributed by atoms with Crippen molar-refractivity contribution in [3.63, 3.8) is 0 Å². The summed E-state index contributed by atoms with van der Waals surface area (Å²) in [5.41, 5.74) is 0. The third-order valence-corrected chi connectivity index (χ3v) is 1.85. The molecule has 3 nitrogen and oxygen atoms in total. The van der Waals surface area contributed by atoms with E-state index in [2.05, 4.69) is 19.2 Å². The molecule has 0 radical (unpaired) electrons. The van der Waals surface area contributed by atoms with Gasteiger partial charge in [-0.3, -0.25) is 4.79 Å². The molecule has 0 aliphatic carbocycles. The maximum atomic E-state index is 11.2. The summed E-state index contributed by atoms with van der Waals surface area (Å²) >= 11 is 0. The van der Waals surface area contributed by atoms with Crippen LogP contribution in [0.15, 0.2) is 0 Å². The lowest BCUT2D eigenvalue weighted by Crippen LogP contribution is -2.40. The molecule has 0 saturated heterocycles. The SMILES string of the molecule is CC(C)C(C)NC(=O)CN(C)C. The second kappa shape index (κ2) is 5.14. The fourth-order valence-electron chi connectivity index (χ4n) is 0.753. The lowest BCUT2D eigenvalue weighted by molar-refractivity contribution is -0.122. The minimum atomic E-state index is 0.0983. The van der Waals surface area contributed by atoms with E-state index in [-0.39, 0.29) is 11.9 Å². The molecule has 3 heteroatoms. The summed E-state index contributed by atoms with van der Waals surface area (Å²) in [5, 5.41) is 2.93. The molecule has 0 aromatic heterocycles. The van der Waals surface area contributed by atoms with Crippen LogP contribution in [0, 0.1) is 5.92 Å². The van der Waals surface area contributed by atoms with Gasteiger partial charge >= 0.3 is 0 Å². The number of carbonyl (C=O) groups excluding carboxylic acids is 1. The molecule has 1 N–H and O–H groups in total. The topological polar surface area (TPSA) is 32.3 Å².